The second-order valence-electron chi connectivity index (χ2n) is 4.28. The van der Waals surface area contributed by atoms with Crippen LogP contribution in [0.15, 0.2) is 42.5 Å². The lowest BCUT2D eigenvalue weighted by Gasteiger charge is -2.18. The summed E-state index contributed by atoms with van der Waals surface area (Å²) in [6.45, 7) is -2.69. The quantitative estimate of drug-likeness (QED) is 0.490. The van der Waals surface area contributed by atoms with Crippen LogP contribution in [0.4, 0.5) is 17.1 Å². The van der Waals surface area contributed by atoms with Gasteiger partial charge in [0.05, 0.1) is 10.6 Å². The molecule has 2 aromatic carbocycles. The minimum atomic E-state index is -2.69. The SMILES string of the molecule is O=[N+]([O-])c1cc(Cl)cc2c1NP(=S)(Oc1ccccc1)N2. The zero-order valence-electron chi connectivity index (χ0n) is 10.4. The minimum Gasteiger partial charge on any atom is -0.433 e. The Morgan fingerprint density at radius 3 is 2.62 bits per heavy atom. The molecule has 0 radical (unpaired) electrons. The number of nitrogens with zero attached hydrogens (tertiary/aromatic N) is 1. The van der Waals surface area contributed by atoms with Gasteiger partial charge < -0.3 is 14.7 Å². The van der Waals surface area contributed by atoms with Crippen LogP contribution in [0.25, 0.3) is 0 Å². The third kappa shape index (κ3) is 2.81. The minimum absolute atomic E-state index is 0.131. The van der Waals surface area contributed by atoms with Gasteiger partial charge in [0.1, 0.15) is 11.4 Å². The second-order valence-corrected chi connectivity index (χ2v) is 8.00. The largest absolute Gasteiger partial charge is 0.433 e. The van der Waals surface area contributed by atoms with Crippen molar-refractivity contribution in [1.29, 1.82) is 0 Å². The first kappa shape index (κ1) is 14.1. The van der Waals surface area contributed by atoms with E-state index in [0.717, 1.165) is 0 Å². The fourth-order valence-corrected chi connectivity index (χ4v) is 4.58. The number of hydrogen-bond donors (Lipinski definition) is 2. The van der Waals surface area contributed by atoms with Gasteiger partial charge in [-0.15, -0.1) is 0 Å². The first-order valence-corrected chi connectivity index (χ1v) is 8.96. The molecule has 1 aliphatic rings. The van der Waals surface area contributed by atoms with Crippen LogP contribution in [0.5, 0.6) is 5.75 Å². The maximum atomic E-state index is 11.1. The predicted molar refractivity (Wildman–Crippen MR) is 86.7 cm³/mol. The van der Waals surface area contributed by atoms with Gasteiger partial charge in [-0.05, 0) is 30.0 Å². The van der Waals surface area contributed by atoms with E-state index in [1.54, 1.807) is 18.2 Å². The number of para-hydroxylation sites is 1. The van der Waals surface area contributed by atoms with Crippen LogP contribution >= 0.6 is 18.2 Å². The zero-order chi connectivity index (χ0) is 15.0. The van der Waals surface area contributed by atoms with E-state index >= 15 is 0 Å². The summed E-state index contributed by atoms with van der Waals surface area (Å²) in [5.74, 6) is 0.586. The van der Waals surface area contributed by atoms with E-state index in [2.05, 4.69) is 10.2 Å². The molecule has 108 valence electrons. The van der Waals surface area contributed by atoms with Gasteiger partial charge in [-0.2, -0.15) is 0 Å². The summed E-state index contributed by atoms with van der Waals surface area (Å²) in [4.78, 5) is 10.6. The highest BCUT2D eigenvalue weighted by Gasteiger charge is 2.34. The first-order chi connectivity index (χ1) is 9.97. The van der Waals surface area contributed by atoms with Gasteiger partial charge in [0.25, 0.3) is 12.3 Å². The highest BCUT2D eigenvalue weighted by atomic mass is 35.5. The summed E-state index contributed by atoms with van der Waals surface area (Å²) in [5.41, 5.74) is 0.658. The molecule has 3 rings (SSSR count). The normalized spacial score (nSPS) is 19.3. The van der Waals surface area contributed by atoms with Crippen molar-refractivity contribution in [3.8, 4) is 5.75 Å². The Kier molecular flexibility index (Phi) is 3.49. The average molecular weight is 342 g/mol. The molecule has 0 fully saturated rings. The lowest BCUT2D eigenvalue weighted by atomic mass is 10.2. The van der Waals surface area contributed by atoms with Crippen LogP contribution < -0.4 is 14.7 Å². The number of benzene rings is 2. The van der Waals surface area contributed by atoms with Gasteiger partial charge in [-0.25, -0.2) is 0 Å². The number of hydrogen-bond acceptors (Lipinski definition) is 4. The van der Waals surface area contributed by atoms with Gasteiger partial charge in [0.15, 0.2) is 0 Å². The molecule has 2 aromatic rings. The molecule has 21 heavy (non-hydrogen) atoms. The van der Waals surface area contributed by atoms with Crippen molar-refractivity contribution in [2.45, 2.75) is 0 Å². The highest BCUT2D eigenvalue weighted by Crippen LogP contribution is 2.58. The standard InChI is InChI=1S/C12H9ClN3O3PS/c13-8-6-10-12(11(7-8)16(17)18)15-20(21,14-10)19-9-4-2-1-3-5-9/h1-7H,(H2,14,15,21). The van der Waals surface area contributed by atoms with Gasteiger partial charge >= 0.3 is 0 Å². The summed E-state index contributed by atoms with van der Waals surface area (Å²) < 4.78 is 5.76. The molecular weight excluding hydrogens is 333 g/mol. The van der Waals surface area contributed by atoms with Crippen molar-refractivity contribution in [1.82, 2.24) is 0 Å². The Morgan fingerprint density at radius 1 is 1.24 bits per heavy atom. The molecule has 9 heteroatoms. The molecule has 2 N–H and O–H groups in total. The number of anilines is 2. The summed E-state index contributed by atoms with van der Waals surface area (Å²) in [6, 6.07) is 11.9. The van der Waals surface area contributed by atoms with Crippen LogP contribution in [-0.2, 0) is 11.8 Å². The summed E-state index contributed by atoms with van der Waals surface area (Å²) in [6.07, 6.45) is 0. The first-order valence-electron chi connectivity index (χ1n) is 5.86. The van der Waals surface area contributed by atoms with Crippen molar-refractivity contribution in [3.63, 3.8) is 0 Å². The maximum Gasteiger partial charge on any atom is 0.300 e. The van der Waals surface area contributed by atoms with Gasteiger partial charge in [-0.3, -0.25) is 10.1 Å². The van der Waals surface area contributed by atoms with Crippen molar-refractivity contribution < 1.29 is 9.45 Å². The number of halogens is 1. The van der Waals surface area contributed by atoms with Crippen molar-refractivity contribution in [2.24, 2.45) is 0 Å². The Hall–Kier alpha value is -1.82. The fourth-order valence-electron chi connectivity index (χ4n) is 1.95. The Bertz CT molecular complexity index is 772. The van der Waals surface area contributed by atoms with Crippen LogP contribution in [0.3, 0.4) is 0 Å². The highest BCUT2D eigenvalue weighted by molar-refractivity contribution is 8.14. The Labute approximate surface area is 130 Å². The maximum absolute atomic E-state index is 11.1. The van der Waals surface area contributed by atoms with E-state index in [4.69, 9.17) is 27.9 Å². The molecular formula is C12H9ClN3O3PS. The number of nitro benzene ring substituents is 1. The van der Waals surface area contributed by atoms with E-state index in [9.17, 15) is 10.1 Å². The van der Waals surface area contributed by atoms with Crippen LogP contribution in [0, 0.1) is 10.1 Å². The third-order valence-corrected chi connectivity index (χ3v) is 5.29. The molecule has 0 saturated carbocycles. The third-order valence-electron chi connectivity index (χ3n) is 2.78. The number of rotatable bonds is 3. The monoisotopic (exact) mass is 341 g/mol. The molecule has 0 aliphatic carbocycles. The van der Waals surface area contributed by atoms with E-state index in [0.29, 0.717) is 17.1 Å². The molecule has 1 unspecified atom stereocenters. The number of fused-ring (bicyclic) bond motifs is 1. The lowest BCUT2D eigenvalue weighted by molar-refractivity contribution is -0.383. The van der Waals surface area contributed by atoms with Crippen LogP contribution in [0.2, 0.25) is 5.02 Å². The molecule has 1 aliphatic heterocycles. The Morgan fingerprint density at radius 2 is 1.95 bits per heavy atom. The summed E-state index contributed by atoms with van der Waals surface area (Å²) in [5, 5.41) is 17.3. The smallest absolute Gasteiger partial charge is 0.300 e. The molecule has 0 bridgehead atoms. The van der Waals surface area contributed by atoms with Gasteiger partial charge in [-0.1, -0.05) is 29.8 Å². The lowest BCUT2D eigenvalue weighted by Crippen LogP contribution is -2.03. The van der Waals surface area contributed by atoms with E-state index < -0.39 is 11.5 Å². The summed E-state index contributed by atoms with van der Waals surface area (Å²) in [7, 11) is 0. The van der Waals surface area contributed by atoms with Crippen LogP contribution in [0.1, 0.15) is 0 Å². The Balaban J connectivity index is 1.95. The van der Waals surface area contributed by atoms with E-state index in [1.807, 2.05) is 18.2 Å². The summed E-state index contributed by atoms with van der Waals surface area (Å²) >= 11 is 11.3. The zero-order valence-corrected chi connectivity index (χ0v) is 12.9. The molecule has 0 amide bonds. The van der Waals surface area contributed by atoms with Crippen molar-refractivity contribution >= 4 is 47.0 Å². The van der Waals surface area contributed by atoms with Crippen molar-refractivity contribution in [3.05, 3.63) is 57.6 Å². The fraction of sp³-hybridized carbons (Fsp3) is 0. The van der Waals surface area contributed by atoms with Crippen LogP contribution in [-0.4, -0.2) is 4.92 Å². The molecule has 6 nitrogen and oxygen atoms in total. The average Bonchev–Trinajstić information content (AvgIpc) is 2.74. The number of nitrogens with one attached hydrogen (secondary N) is 2. The predicted octanol–water partition coefficient (Wildman–Crippen LogP) is 4.39. The number of nitro groups is 1. The molecule has 0 aromatic heterocycles. The van der Waals surface area contributed by atoms with E-state index in [1.165, 1.54) is 6.07 Å². The van der Waals surface area contributed by atoms with E-state index in [-0.39, 0.29) is 10.7 Å². The topological polar surface area (TPSA) is 76.4 Å². The molecule has 0 saturated heterocycles. The molecule has 0 spiro atoms. The van der Waals surface area contributed by atoms with Crippen molar-refractivity contribution in [2.75, 3.05) is 10.2 Å². The second kappa shape index (κ2) is 5.18. The molecule has 1 heterocycles. The van der Waals surface area contributed by atoms with Gasteiger partial charge in [0, 0.05) is 11.1 Å². The molecule has 1 atom stereocenters. The van der Waals surface area contributed by atoms with Gasteiger partial charge in [0.2, 0.25) is 0 Å².